The van der Waals surface area contributed by atoms with Crippen molar-refractivity contribution in [1.29, 1.82) is 0 Å². The minimum atomic E-state index is 0.519. The molecule has 0 radical (unpaired) electrons. The van der Waals surface area contributed by atoms with Gasteiger partial charge in [-0.3, -0.25) is 0 Å². The lowest BCUT2D eigenvalue weighted by Crippen LogP contribution is -2.53. The molecular weight excluding hydrogens is 282 g/mol. The Morgan fingerprint density at radius 1 is 1.38 bits per heavy atom. The minimum Gasteiger partial charge on any atom is -0.353 e. The van der Waals surface area contributed by atoms with E-state index < -0.39 is 0 Å². The van der Waals surface area contributed by atoms with E-state index in [4.69, 9.17) is 4.98 Å². The van der Waals surface area contributed by atoms with Gasteiger partial charge in [0.2, 0.25) is 5.95 Å². The van der Waals surface area contributed by atoms with E-state index in [9.17, 15) is 0 Å². The smallest absolute Gasteiger partial charge is 0.228 e. The maximum atomic E-state index is 4.81. The number of hydrogen-bond donors (Lipinski definition) is 1. The second-order valence-electron chi connectivity index (χ2n) is 6.13. The van der Waals surface area contributed by atoms with Gasteiger partial charge in [0.1, 0.15) is 10.6 Å². The Kier molecular flexibility index (Phi) is 3.99. The van der Waals surface area contributed by atoms with E-state index >= 15 is 0 Å². The molecule has 5 nitrogen and oxygen atoms in total. The largest absolute Gasteiger partial charge is 0.353 e. The summed E-state index contributed by atoms with van der Waals surface area (Å²) in [6, 6.07) is 2.66. The third kappa shape index (κ3) is 2.82. The maximum Gasteiger partial charge on any atom is 0.228 e. The topological polar surface area (TPSA) is 44.3 Å². The van der Waals surface area contributed by atoms with Crippen molar-refractivity contribution in [1.82, 2.24) is 15.3 Å². The molecule has 0 bridgehead atoms. The van der Waals surface area contributed by atoms with Crippen LogP contribution in [0.5, 0.6) is 0 Å². The fraction of sp³-hybridized carbons (Fsp3) is 0.600. The molecule has 2 aromatic heterocycles. The van der Waals surface area contributed by atoms with Crippen LogP contribution in [0.3, 0.4) is 0 Å². The summed E-state index contributed by atoms with van der Waals surface area (Å²) in [6.07, 6.45) is 0. The highest BCUT2D eigenvalue weighted by atomic mass is 32.1. The molecule has 3 heterocycles. The summed E-state index contributed by atoms with van der Waals surface area (Å²) in [5, 5.41) is 6.88. The van der Waals surface area contributed by atoms with Crippen molar-refractivity contribution in [2.24, 2.45) is 5.92 Å². The van der Waals surface area contributed by atoms with Gasteiger partial charge in [0.25, 0.3) is 0 Å². The summed E-state index contributed by atoms with van der Waals surface area (Å²) in [5.41, 5.74) is 0. The van der Waals surface area contributed by atoms with Crippen LogP contribution in [0.4, 0.5) is 11.8 Å². The first-order valence-electron chi connectivity index (χ1n) is 7.47. The molecule has 0 spiro atoms. The monoisotopic (exact) mass is 305 g/mol. The quantitative estimate of drug-likeness (QED) is 0.942. The molecule has 1 saturated heterocycles. The summed E-state index contributed by atoms with van der Waals surface area (Å²) < 4.78 is 0. The molecule has 114 valence electrons. The Morgan fingerprint density at radius 2 is 2.19 bits per heavy atom. The standard InChI is InChI=1S/C15H23N5S/c1-10(2)12-9-20(7-6-16-12)13-11-5-8-21-14(11)18-15(17-13)19(3)4/h5,8,10,12,16H,6-7,9H2,1-4H3. The first-order chi connectivity index (χ1) is 10.1. The predicted octanol–water partition coefficient (Wildman–Crippen LogP) is 2.19. The molecule has 1 unspecified atom stereocenters. The van der Waals surface area contributed by atoms with Crippen molar-refractivity contribution in [2.75, 3.05) is 43.5 Å². The maximum absolute atomic E-state index is 4.81. The zero-order valence-corrected chi connectivity index (χ0v) is 13.9. The molecule has 1 fully saturated rings. The van der Waals surface area contributed by atoms with Crippen LogP contribution in [0.2, 0.25) is 0 Å². The number of piperazine rings is 1. The number of rotatable bonds is 3. The minimum absolute atomic E-state index is 0.519. The van der Waals surface area contributed by atoms with Crippen LogP contribution in [0, 0.1) is 5.92 Å². The van der Waals surface area contributed by atoms with Crippen molar-refractivity contribution in [3.8, 4) is 0 Å². The fourth-order valence-corrected chi connectivity index (χ4v) is 3.44. The van der Waals surface area contributed by atoms with Crippen LogP contribution >= 0.6 is 11.3 Å². The van der Waals surface area contributed by atoms with Gasteiger partial charge in [0, 0.05) is 39.8 Å². The summed E-state index contributed by atoms with van der Waals surface area (Å²) in [5.74, 6) is 2.50. The average Bonchev–Trinajstić information content (AvgIpc) is 2.94. The summed E-state index contributed by atoms with van der Waals surface area (Å²) in [6.45, 7) is 7.56. The van der Waals surface area contributed by atoms with Crippen molar-refractivity contribution in [3.63, 3.8) is 0 Å². The van der Waals surface area contributed by atoms with Gasteiger partial charge in [-0.15, -0.1) is 11.3 Å². The highest BCUT2D eigenvalue weighted by Gasteiger charge is 2.25. The molecule has 3 rings (SSSR count). The Labute approximate surface area is 130 Å². The number of anilines is 2. The van der Waals surface area contributed by atoms with E-state index in [0.717, 1.165) is 36.2 Å². The van der Waals surface area contributed by atoms with Crippen LogP contribution in [0.15, 0.2) is 11.4 Å². The number of fused-ring (bicyclic) bond motifs is 1. The highest BCUT2D eigenvalue weighted by Crippen LogP contribution is 2.30. The van der Waals surface area contributed by atoms with E-state index in [1.165, 1.54) is 5.39 Å². The molecule has 1 aliphatic heterocycles. The molecule has 0 aromatic carbocycles. The van der Waals surface area contributed by atoms with Gasteiger partial charge in [-0.1, -0.05) is 13.8 Å². The molecule has 6 heteroatoms. The number of aromatic nitrogens is 2. The van der Waals surface area contributed by atoms with E-state index in [2.05, 4.69) is 40.5 Å². The number of nitrogens with one attached hydrogen (secondary N) is 1. The lowest BCUT2D eigenvalue weighted by molar-refractivity contribution is 0.367. The van der Waals surface area contributed by atoms with Crippen molar-refractivity contribution in [2.45, 2.75) is 19.9 Å². The zero-order valence-electron chi connectivity index (χ0n) is 13.1. The van der Waals surface area contributed by atoms with Gasteiger partial charge in [0.15, 0.2) is 0 Å². The third-order valence-corrected chi connectivity index (χ3v) is 4.81. The van der Waals surface area contributed by atoms with Crippen LogP contribution in [0.25, 0.3) is 10.2 Å². The fourth-order valence-electron chi connectivity index (χ4n) is 2.69. The number of hydrogen-bond acceptors (Lipinski definition) is 6. The zero-order chi connectivity index (χ0) is 15.0. The number of thiophene rings is 1. The number of nitrogens with zero attached hydrogens (tertiary/aromatic N) is 4. The summed E-state index contributed by atoms with van der Waals surface area (Å²) in [7, 11) is 3.99. The van der Waals surface area contributed by atoms with E-state index in [1.807, 2.05) is 19.0 Å². The van der Waals surface area contributed by atoms with Crippen LogP contribution in [-0.4, -0.2) is 49.7 Å². The van der Waals surface area contributed by atoms with Crippen LogP contribution in [-0.2, 0) is 0 Å². The van der Waals surface area contributed by atoms with E-state index in [-0.39, 0.29) is 0 Å². The Morgan fingerprint density at radius 3 is 2.90 bits per heavy atom. The molecule has 1 atom stereocenters. The lowest BCUT2D eigenvalue weighted by atomic mass is 10.0. The molecule has 0 saturated carbocycles. The SMILES string of the molecule is CC(C)C1CN(c2nc(N(C)C)nc3sccc23)CCN1. The Balaban J connectivity index is 2.00. The van der Waals surface area contributed by atoms with E-state index in [0.29, 0.717) is 12.0 Å². The van der Waals surface area contributed by atoms with Gasteiger partial charge in [-0.05, 0) is 17.4 Å². The van der Waals surface area contributed by atoms with Crippen LogP contribution in [0.1, 0.15) is 13.8 Å². The van der Waals surface area contributed by atoms with Gasteiger partial charge in [0.05, 0.1) is 5.39 Å². The van der Waals surface area contributed by atoms with Gasteiger partial charge in [-0.2, -0.15) is 4.98 Å². The summed E-state index contributed by atoms with van der Waals surface area (Å²) in [4.78, 5) is 14.9. The van der Waals surface area contributed by atoms with Gasteiger partial charge in [-0.25, -0.2) is 4.98 Å². The highest BCUT2D eigenvalue weighted by molar-refractivity contribution is 7.16. The lowest BCUT2D eigenvalue weighted by Gasteiger charge is -2.36. The Hall–Kier alpha value is -1.40. The first kappa shape index (κ1) is 14.5. The predicted molar refractivity (Wildman–Crippen MR) is 90.6 cm³/mol. The first-order valence-corrected chi connectivity index (χ1v) is 8.35. The van der Waals surface area contributed by atoms with Crippen molar-refractivity contribution in [3.05, 3.63) is 11.4 Å². The average molecular weight is 305 g/mol. The Bertz CT molecular complexity index is 622. The molecule has 21 heavy (non-hydrogen) atoms. The third-order valence-electron chi connectivity index (χ3n) is 4.00. The normalized spacial score (nSPS) is 19.5. The van der Waals surface area contributed by atoms with Gasteiger partial charge < -0.3 is 15.1 Å². The van der Waals surface area contributed by atoms with E-state index in [1.54, 1.807) is 11.3 Å². The molecule has 1 aliphatic rings. The van der Waals surface area contributed by atoms with Gasteiger partial charge >= 0.3 is 0 Å². The molecule has 2 aromatic rings. The van der Waals surface area contributed by atoms with Crippen molar-refractivity contribution < 1.29 is 0 Å². The molecule has 1 N–H and O–H groups in total. The molecule has 0 aliphatic carbocycles. The van der Waals surface area contributed by atoms with Crippen LogP contribution < -0.4 is 15.1 Å². The molecular formula is C15H23N5S. The summed E-state index contributed by atoms with van der Waals surface area (Å²) >= 11 is 1.68. The van der Waals surface area contributed by atoms with Crippen molar-refractivity contribution >= 4 is 33.3 Å². The second-order valence-corrected chi connectivity index (χ2v) is 7.03. The second kappa shape index (κ2) is 5.77. The molecule has 0 amide bonds.